The van der Waals surface area contributed by atoms with Gasteiger partial charge in [-0.15, -0.1) is 0 Å². The van der Waals surface area contributed by atoms with E-state index in [1.165, 1.54) is 6.42 Å². The highest BCUT2D eigenvalue weighted by Crippen LogP contribution is 2.29. The molecule has 1 saturated carbocycles. The Kier molecular flexibility index (Phi) is 7.29. The van der Waals surface area contributed by atoms with Crippen molar-refractivity contribution in [3.8, 4) is 5.75 Å². The summed E-state index contributed by atoms with van der Waals surface area (Å²) in [5.74, 6) is 1.14. The summed E-state index contributed by atoms with van der Waals surface area (Å²) in [6, 6.07) is 7.80. The van der Waals surface area contributed by atoms with Crippen molar-refractivity contribution in [1.29, 1.82) is 0 Å². The average molecular weight is 347 g/mol. The molecular formula is C20H29NO4. The molecule has 3 atom stereocenters. The van der Waals surface area contributed by atoms with Crippen LogP contribution in [-0.2, 0) is 14.3 Å². The van der Waals surface area contributed by atoms with Gasteiger partial charge in [-0.3, -0.25) is 9.59 Å². The zero-order valence-corrected chi connectivity index (χ0v) is 15.4. The number of benzene rings is 1. The lowest BCUT2D eigenvalue weighted by molar-refractivity contribution is -0.149. The Labute approximate surface area is 150 Å². The van der Waals surface area contributed by atoms with Crippen LogP contribution in [0.2, 0.25) is 0 Å². The third-order valence-electron chi connectivity index (χ3n) is 5.01. The minimum atomic E-state index is -0.424. The average Bonchev–Trinajstić information content (AvgIpc) is 2.59. The summed E-state index contributed by atoms with van der Waals surface area (Å²) in [5.41, 5.74) is 1.15. The third-order valence-corrected chi connectivity index (χ3v) is 5.01. The van der Waals surface area contributed by atoms with Crippen LogP contribution in [0.4, 0.5) is 0 Å². The Balaban J connectivity index is 1.62. The number of hydrogen-bond donors (Lipinski definition) is 1. The van der Waals surface area contributed by atoms with Gasteiger partial charge >= 0.3 is 5.97 Å². The number of aryl methyl sites for hydroxylation is 1. The summed E-state index contributed by atoms with van der Waals surface area (Å²) in [4.78, 5) is 23.7. The summed E-state index contributed by atoms with van der Waals surface area (Å²) < 4.78 is 10.5. The SMILES string of the molecule is Cc1ccc(OCCC(=O)OCC(=O)N[C@@H]2CCC[C@@H](C)[C@@H]2C)cc1. The number of rotatable bonds is 7. The quantitative estimate of drug-likeness (QED) is 0.769. The number of hydrogen-bond acceptors (Lipinski definition) is 4. The van der Waals surface area contributed by atoms with E-state index in [1.54, 1.807) is 0 Å². The number of nitrogens with one attached hydrogen (secondary N) is 1. The van der Waals surface area contributed by atoms with E-state index in [0.717, 1.165) is 24.2 Å². The van der Waals surface area contributed by atoms with Crippen LogP contribution in [0, 0.1) is 18.8 Å². The highest BCUT2D eigenvalue weighted by atomic mass is 16.5. The summed E-state index contributed by atoms with van der Waals surface area (Å²) in [6.07, 6.45) is 3.46. The summed E-state index contributed by atoms with van der Waals surface area (Å²) >= 11 is 0. The number of esters is 1. The van der Waals surface area contributed by atoms with Crippen LogP contribution in [0.15, 0.2) is 24.3 Å². The number of carbonyl (C=O) groups is 2. The van der Waals surface area contributed by atoms with Crippen LogP contribution in [-0.4, -0.2) is 31.1 Å². The van der Waals surface area contributed by atoms with E-state index in [-0.39, 0.29) is 31.6 Å². The maximum absolute atomic E-state index is 12.0. The Morgan fingerprint density at radius 3 is 2.60 bits per heavy atom. The smallest absolute Gasteiger partial charge is 0.309 e. The van der Waals surface area contributed by atoms with Crippen molar-refractivity contribution >= 4 is 11.9 Å². The van der Waals surface area contributed by atoms with Gasteiger partial charge in [-0.25, -0.2) is 0 Å². The summed E-state index contributed by atoms with van der Waals surface area (Å²) in [6.45, 7) is 6.41. The standard InChI is InChI=1S/C20H29NO4/c1-14-7-9-17(10-8-14)24-12-11-20(23)25-13-19(22)21-18-6-4-5-15(2)16(18)3/h7-10,15-16,18H,4-6,11-13H2,1-3H3,(H,21,22)/t15-,16+,18-/m1/s1. The number of carbonyl (C=O) groups excluding carboxylic acids is 2. The van der Waals surface area contributed by atoms with Gasteiger partial charge < -0.3 is 14.8 Å². The second kappa shape index (κ2) is 9.44. The van der Waals surface area contributed by atoms with Crippen LogP contribution >= 0.6 is 0 Å². The lowest BCUT2D eigenvalue weighted by atomic mass is 9.78. The first-order valence-corrected chi connectivity index (χ1v) is 9.10. The highest BCUT2D eigenvalue weighted by molar-refractivity contribution is 5.80. The Bertz CT molecular complexity index is 570. The van der Waals surface area contributed by atoms with Crippen molar-refractivity contribution in [2.75, 3.05) is 13.2 Å². The summed E-state index contributed by atoms with van der Waals surface area (Å²) in [5, 5.41) is 2.99. The fourth-order valence-electron chi connectivity index (χ4n) is 3.14. The van der Waals surface area contributed by atoms with E-state index in [2.05, 4.69) is 19.2 Å². The van der Waals surface area contributed by atoms with Crippen molar-refractivity contribution in [3.05, 3.63) is 29.8 Å². The van der Waals surface area contributed by atoms with Crippen LogP contribution in [0.1, 0.15) is 45.1 Å². The molecule has 0 aliphatic heterocycles. The molecule has 5 nitrogen and oxygen atoms in total. The molecule has 1 aliphatic rings. The lowest BCUT2D eigenvalue weighted by Crippen LogP contribution is -2.45. The zero-order valence-electron chi connectivity index (χ0n) is 15.4. The Morgan fingerprint density at radius 2 is 1.88 bits per heavy atom. The van der Waals surface area contributed by atoms with E-state index in [0.29, 0.717) is 11.8 Å². The van der Waals surface area contributed by atoms with Crippen molar-refractivity contribution in [3.63, 3.8) is 0 Å². The molecule has 138 valence electrons. The van der Waals surface area contributed by atoms with Gasteiger partial charge in [-0.1, -0.05) is 44.4 Å². The van der Waals surface area contributed by atoms with E-state index in [1.807, 2.05) is 31.2 Å². The molecule has 0 radical (unpaired) electrons. The van der Waals surface area contributed by atoms with Gasteiger partial charge in [0, 0.05) is 6.04 Å². The predicted molar refractivity (Wildman–Crippen MR) is 96.4 cm³/mol. The van der Waals surface area contributed by atoms with Crippen LogP contribution < -0.4 is 10.1 Å². The van der Waals surface area contributed by atoms with E-state index in [9.17, 15) is 9.59 Å². The Morgan fingerprint density at radius 1 is 1.16 bits per heavy atom. The molecule has 1 fully saturated rings. The van der Waals surface area contributed by atoms with E-state index >= 15 is 0 Å². The fourth-order valence-corrected chi connectivity index (χ4v) is 3.14. The minimum absolute atomic E-state index is 0.123. The molecule has 0 aromatic heterocycles. The first-order valence-electron chi connectivity index (χ1n) is 9.10. The number of amides is 1. The second-order valence-electron chi connectivity index (χ2n) is 7.01. The molecule has 1 aromatic rings. The molecular weight excluding hydrogens is 318 g/mol. The Hall–Kier alpha value is -2.04. The van der Waals surface area contributed by atoms with Gasteiger partial charge in [-0.05, 0) is 37.3 Å². The van der Waals surface area contributed by atoms with Gasteiger partial charge in [0.2, 0.25) is 0 Å². The highest BCUT2D eigenvalue weighted by Gasteiger charge is 2.28. The predicted octanol–water partition coefficient (Wildman–Crippen LogP) is 3.25. The molecule has 2 rings (SSSR count). The molecule has 0 saturated heterocycles. The fraction of sp³-hybridized carbons (Fsp3) is 0.600. The maximum Gasteiger partial charge on any atom is 0.309 e. The molecule has 0 spiro atoms. The van der Waals surface area contributed by atoms with Crippen molar-refractivity contribution in [2.45, 2.75) is 52.5 Å². The van der Waals surface area contributed by atoms with Crippen molar-refractivity contribution in [1.82, 2.24) is 5.32 Å². The second-order valence-corrected chi connectivity index (χ2v) is 7.01. The normalized spacial score (nSPS) is 22.9. The van der Waals surface area contributed by atoms with Gasteiger partial charge in [0.25, 0.3) is 5.91 Å². The lowest BCUT2D eigenvalue weighted by Gasteiger charge is -2.34. The van der Waals surface area contributed by atoms with Crippen LogP contribution in [0.5, 0.6) is 5.75 Å². The summed E-state index contributed by atoms with van der Waals surface area (Å²) in [7, 11) is 0. The molecule has 0 heterocycles. The number of ether oxygens (including phenoxy) is 2. The molecule has 1 amide bonds. The largest absolute Gasteiger partial charge is 0.493 e. The van der Waals surface area contributed by atoms with Gasteiger partial charge in [0.15, 0.2) is 6.61 Å². The maximum atomic E-state index is 12.0. The zero-order chi connectivity index (χ0) is 18.2. The molecule has 0 bridgehead atoms. The first kappa shape index (κ1) is 19.3. The molecule has 25 heavy (non-hydrogen) atoms. The van der Waals surface area contributed by atoms with Gasteiger partial charge in [-0.2, -0.15) is 0 Å². The molecule has 1 N–H and O–H groups in total. The third kappa shape index (κ3) is 6.40. The molecule has 1 aromatic carbocycles. The molecule has 0 unspecified atom stereocenters. The van der Waals surface area contributed by atoms with Crippen molar-refractivity contribution in [2.24, 2.45) is 11.8 Å². The first-order chi connectivity index (χ1) is 12.0. The van der Waals surface area contributed by atoms with Gasteiger partial charge in [0.05, 0.1) is 13.0 Å². The molecule has 5 heteroatoms. The van der Waals surface area contributed by atoms with E-state index in [4.69, 9.17) is 9.47 Å². The minimum Gasteiger partial charge on any atom is -0.493 e. The topological polar surface area (TPSA) is 64.6 Å². The van der Waals surface area contributed by atoms with Crippen molar-refractivity contribution < 1.29 is 19.1 Å². The monoisotopic (exact) mass is 347 g/mol. The molecule has 1 aliphatic carbocycles. The van der Waals surface area contributed by atoms with Gasteiger partial charge in [0.1, 0.15) is 5.75 Å². The van der Waals surface area contributed by atoms with Crippen LogP contribution in [0.25, 0.3) is 0 Å². The van der Waals surface area contributed by atoms with E-state index < -0.39 is 5.97 Å². The van der Waals surface area contributed by atoms with Crippen LogP contribution in [0.3, 0.4) is 0 Å².